The number of anilines is 1. The van der Waals surface area contributed by atoms with E-state index in [0.717, 1.165) is 5.56 Å². The van der Waals surface area contributed by atoms with Crippen LogP contribution in [0.15, 0.2) is 39.3 Å². The fourth-order valence-electron chi connectivity index (χ4n) is 2.16. The van der Waals surface area contributed by atoms with Gasteiger partial charge in [-0.25, -0.2) is 0 Å². The molecule has 2 aromatic carbocycles. The predicted octanol–water partition coefficient (Wildman–Crippen LogP) is 4.56. The van der Waals surface area contributed by atoms with Crippen molar-refractivity contribution < 1.29 is 14.5 Å². The van der Waals surface area contributed by atoms with Crippen LogP contribution in [0.3, 0.4) is 0 Å². The first-order valence-electron chi connectivity index (χ1n) is 7.13. The molecule has 1 amide bonds. The van der Waals surface area contributed by atoms with Crippen LogP contribution in [0.4, 0.5) is 11.4 Å². The molecule has 2 aromatic rings. The van der Waals surface area contributed by atoms with Gasteiger partial charge in [0.15, 0.2) is 5.11 Å². The van der Waals surface area contributed by atoms with E-state index in [1.54, 1.807) is 25.1 Å². The Labute approximate surface area is 171 Å². The Hall–Kier alpha value is -2.04. The first-order valence-corrected chi connectivity index (χ1v) is 9.12. The van der Waals surface area contributed by atoms with Crippen molar-refractivity contribution in [2.24, 2.45) is 0 Å². The van der Waals surface area contributed by atoms with Crippen LogP contribution in [0.25, 0.3) is 0 Å². The second-order valence-corrected chi connectivity index (χ2v) is 7.33. The zero-order chi connectivity index (χ0) is 19.4. The van der Waals surface area contributed by atoms with E-state index in [4.69, 9.17) is 17.0 Å². The van der Waals surface area contributed by atoms with Crippen molar-refractivity contribution in [2.75, 3.05) is 12.4 Å². The van der Waals surface area contributed by atoms with Gasteiger partial charge in [-0.1, -0.05) is 22.0 Å². The molecule has 2 rings (SSSR count). The zero-order valence-corrected chi connectivity index (χ0v) is 17.6. The van der Waals surface area contributed by atoms with Crippen LogP contribution in [0, 0.1) is 17.0 Å². The van der Waals surface area contributed by atoms with E-state index in [1.807, 2.05) is 0 Å². The lowest BCUT2D eigenvalue weighted by Crippen LogP contribution is -2.34. The number of hydrogen-bond donors (Lipinski definition) is 2. The summed E-state index contributed by atoms with van der Waals surface area (Å²) in [5, 5.41) is 16.3. The third kappa shape index (κ3) is 4.77. The first-order chi connectivity index (χ1) is 12.2. The molecule has 0 heterocycles. The molecule has 0 atom stereocenters. The summed E-state index contributed by atoms with van der Waals surface area (Å²) >= 11 is 11.7. The van der Waals surface area contributed by atoms with Crippen molar-refractivity contribution in [1.29, 1.82) is 0 Å². The fourth-order valence-corrected chi connectivity index (χ4v) is 3.75. The van der Waals surface area contributed by atoms with Crippen molar-refractivity contribution in [1.82, 2.24) is 5.32 Å². The van der Waals surface area contributed by atoms with E-state index < -0.39 is 10.8 Å². The predicted molar refractivity (Wildman–Crippen MR) is 110 cm³/mol. The van der Waals surface area contributed by atoms with Crippen LogP contribution in [0.2, 0.25) is 0 Å². The average Bonchev–Trinajstić information content (AvgIpc) is 2.55. The Morgan fingerprint density at radius 1 is 1.27 bits per heavy atom. The highest BCUT2D eigenvalue weighted by Gasteiger charge is 2.19. The van der Waals surface area contributed by atoms with Crippen LogP contribution in [0.5, 0.6) is 5.75 Å². The Kier molecular flexibility index (Phi) is 6.68. The number of carbonyl (C=O) groups excluding carboxylic acids is 1. The molecule has 2 N–H and O–H groups in total. The SMILES string of the molecule is COc1c(Br)cc(Br)cc1C(=O)NC(=S)Nc1ccc(C)cc1[N+](=O)[O-]. The van der Waals surface area contributed by atoms with Crippen LogP contribution in [-0.4, -0.2) is 23.1 Å². The number of benzene rings is 2. The molecule has 0 spiro atoms. The van der Waals surface area contributed by atoms with Gasteiger partial charge in [-0.15, -0.1) is 0 Å². The minimum atomic E-state index is -0.520. The monoisotopic (exact) mass is 501 g/mol. The number of methoxy groups -OCH3 is 1. The number of nitrogens with zero attached hydrogens (tertiary/aromatic N) is 1. The van der Waals surface area contributed by atoms with Gasteiger partial charge in [-0.05, 0) is 58.8 Å². The Bertz CT molecular complexity index is 905. The zero-order valence-electron chi connectivity index (χ0n) is 13.6. The third-order valence-corrected chi connectivity index (χ3v) is 4.53. The Balaban J connectivity index is 2.22. The van der Waals surface area contributed by atoms with E-state index in [0.29, 0.717) is 14.7 Å². The molecule has 7 nitrogen and oxygen atoms in total. The van der Waals surface area contributed by atoms with Gasteiger partial charge in [0.2, 0.25) is 0 Å². The quantitative estimate of drug-likeness (QED) is 0.361. The molecular weight excluding hydrogens is 490 g/mol. The maximum atomic E-state index is 12.5. The third-order valence-electron chi connectivity index (χ3n) is 3.28. The number of nitro benzene ring substituents is 1. The lowest BCUT2D eigenvalue weighted by molar-refractivity contribution is -0.383. The van der Waals surface area contributed by atoms with E-state index in [-0.39, 0.29) is 22.1 Å². The molecule has 10 heteroatoms. The van der Waals surface area contributed by atoms with Gasteiger partial charge in [0.1, 0.15) is 11.4 Å². The molecule has 0 aliphatic rings. The molecule has 0 unspecified atom stereocenters. The van der Waals surface area contributed by atoms with Crippen LogP contribution >= 0.6 is 44.1 Å². The summed E-state index contributed by atoms with van der Waals surface area (Å²) in [5.41, 5.74) is 1.04. The number of nitrogens with one attached hydrogen (secondary N) is 2. The number of nitro groups is 1. The molecule has 0 saturated carbocycles. The fraction of sp³-hybridized carbons (Fsp3) is 0.125. The van der Waals surface area contributed by atoms with Crippen molar-refractivity contribution in [3.05, 3.63) is 60.5 Å². The van der Waals surface area contributed by atoms with Crippen molar-refractivity contribution in [3.8, 4) is 5.75 Å². The first kappa shape index (κ1) is 20.3. The second-order valence-electron chi connectivity index (χ2n) is 5.15. The summed E-state index contributed by atoms with van der Waals surface area (Å²) in [5.74, 6) is -0.175. The molecule has 26 heavy (non-hydrogen) atoms. The molecule has 0 bridgehead atoms. The number of hydrogen-bond acceptors (Lipinski definition) is 5. The van der Waals surface area contributed by atoms with Gasteiger partial charge in [0.25, 0.3) is 11.6 Å². The number of aryl methyl sites for hydroxylation is 1. The number of amides is 1. The molecule has 0 fully saturated rings. The molecule has 0 aromatic heterocycles. The summed E-state index contributed by atoms with van der Waals surface area (Å²) < 4.78 is 6.49. The number of thiocarbonyl (C=S) groups is 1. The minimum absolute atomic E-state index is 0.0693. The summed E-state index contributed by atoms with van der Waals surface area (Å²) in [7, 11) is 1.44. The van der Waals surface area contributed by atoms with E-state index in [2.05, 4.69) is 42.5 Å². The number of halogens is 2. The average molecular weight is 503 g/mol. The van der Waals surface area contributed by atoms with Crippen LogP contribution in [-0.2, 0) is 0 Å². The van der Waals surface area contributed by atoms with E-state index in [1.165, 1.54) is 19.2 Å². The highest BCUT2D eigenvalue weighted by Crippen LogP contribution is 2.32. The van der Waals surface area contributed by atoms with Crippen LogP contribution in [0.1, 0.15) is 15.9 Å². The second kappa shape index (κ2) is 8.56. The van der Waals surface area contributed by atoms with Crippen LogP contribution < -0.4 is 15.4 Å². The number of rotatable bonds is 4. The van der Waals surface area contributed by atoms with Gasteiger partial charge in [-0.3, -0.25) is 20.2 Å². The Morgan fingerprint density at radius 2 is 1.96 bits per heavy atom. The van der Waals surface area contributed by atoms with Gasteiger partial charge in [-0.2, -0.15) is 0 Å². The standard InChI is InChI=1S/C16H13Br2N3O4S/c1-8-3-4-12(13(5-8)21(23)24)19-16(26)20-15(22)10-6-9(17)7-11(18)14(10)25-2/h3-7H,1-2H3,(H2,19,20,22,26). The number of carbonyl (C=O) groups is 1. The van der Waals surface area contributed by atoms with Crippen molar-refractivity contribution in [2.45, 2.75) is 6.92 Å². The lowest BCUT2D eigenvalue weighted by atomic mass is 10.2. The smallest absolute Gasteiger partial charge is 0.292 e. The summed E-state index contributed by atoms with van der Waals surface area (Å²) in [4.78, 5) is 23.2. The lowest BCUT2D eigenvalue weighted by Gasteiger charge is -2.13. The van der Waals surface area contributed by atoms with E-state index >= 15 is 0 Å². The van der Waals surface area contributed by atoms with Crippen molar-refractivity contribution in [3.63, 3.8) is 0 Å². The van der Waals surface area contributed by atoms with Crippen molar-refractivity contribution >= 4 is 66.5 Å². The van der Waals surface area contributed by atoms with Gasteiger partial charge >= 0.3 is 0 Å². The topological polar surface area (TPSA) is 93.5 Å². The maximum absolute atomic E-state index is 12.5. The Morgan fingerprint density at radius 3 is 2.58 bits per heavy atom. The van der Waals surface area contributed by atoms with Gasteiger partial charge in [0.05, 0.1) is 22.1 Å². The highest BCUT2D eigenvalue weighted by molar-refractivity contribution is 9.11. The summed E-state index contributed by atoms with van der Waals surface area (Å²) in [6, 6.07) is 7.97. The van der Waals surface area contributed by atoms with E-state index in [9.17, 15) is 14.9 Å². The van der Waals surface area contributed by atoms with Gasteiger partial charge in [0, 0.05) is 10.5 Å². The molecule has 0 radical (unpaired) electrons. The largest absolute Gasteiger partial charge is 0.495 e. The molecule has 136 valence electrons. The maximum Gasteiger partial charge on any atom is 0.292 e. The molecule has 0 aliphatic carbocycles. The highest BCUT2D eigenvalue weighted by atomic mass is 79.9. The minimum Gasteiger partial charge on any atom is -0.495 e. The normalized spacial score (nSPS) is 10.2. The van der Waals surface area contributed by atoms with Gasteiger partial charge < -0.3 is 10.1 Å². The molecule has 0 saturated heterocycles. The molecule has 0 aliphatic heterocycles. The summed E-state index contributed by atoms with van der Waals surface area (Å²) in [6.07, 6.45) is 0. The number of ether oxygens (including phenoxy) is 1. The summed E-state index contributed by atoms with van der Waals surface area (Å²) in [6.45, 7) is 1.74. The molecular formula is C16H13Br2N3O4S.